The van der Waals surface area contributed by atoms with Crippen molar-refractivity contribution in [3.05, 3.63) is 0 Å². The molecule has 0 radical (unpaired) electrons. The van der Waals surface area contributed by atoms with Crippen LogP contribution in [0.15, 0.2) is 0 Å². The zero-order chi connectivity index (χ0) is 8.27. The fourth-order valence-corrected chi connectivity index (χ4v) is 1.22. The van der Waals surface area contributed by atoms with Crippen molar-refractivity contribution < 1.29 is 19.6 Å². The van der Waals surface area contributed by atoms with Crippen molar-refractivity contribution in [3.63, 3.8) is 0 Å². The van der Waals surface area contributed by atoms with Crippen molar-refractivity contribution in [2.45, 2.75) is 31.7 Å². The Morgan fingerprint density at radius 1 is 1.73 bits per heavy atom. The lowest BCUT2D eigenvalue weighted by atomic mass is 9.78. The van der Waals surface area contributed by atoms with E-state index < -0.39 is 13.1 Å². The van der Waals surface area contributed by atoms with Crippen LogP contribution < -0.4 is 0 Å². The van der Waals surface area contributed by atoms with Gasteiger partial charge in [0.2, 0.25) is 0 Å². The van der Waals surface area contributed by atoms with Gasteiger partial charge in [0.15, 0.2) is 0 Å². The number of carboxylic acids is 1. The van der Waals surface area contributed by atoms with Gasteiger partial charge in [0.1, 0.15) is 0 Å². The molecule has 5 heteroatoms. The highest BCUT2D eigenvalue weighted by Crippen LogP contribution is 2.18. The summed E-state index contributed by atoms with van der Waals surface area (Å²) in [5.74, 6) is -0.871. The number of hydrogen-bond donors (Lipinski definition) is 2. The second-order valence-electron chi connectivity index (χ2n) is 2.74. The molecule has 1 aliphatic heterocycles. The quantitative estimate of drug-likeness (QED) is 0.560. The van der Waals surface area contributed by atoms with Crippen molar-refractivity contribution in [1.82, 2.24) is 0 Å². The predicted molar refractivity (Wildman–Crippen MR) is 39.1 cm³/mol. The maximum Gasteiger partial charge on any atom is 0.454 e. The second-order valence-corrected chi connectivity index (χ2v) is 2.74. The molecule has 0 aromatic rings. The van der Waals surface area contributed by atoms with Gasteiger partial charge in [-0.3, -0.25) is 4.79 Å². The highest BCUT2D eigenvalue weighted by atomic mass is 16.5. The highest BCUT2D eigenvalue weighted by molar-refractivity contribution is 6.42. The van der Waals surface area contributed by atoms with E-state index in [0.717, 1.165) is 12.8 Å². The van der Waals surface area contributed by atoms with Crippen molar-refractivity contribution in [2.24, 2.45) is 0 Å². The average Bonchev–Trinajstić information content (AvgIpc) is 1.85. The van der Waals surface area contributed by atoms with Crippen LogP contribution in [0.25, 0.3) is 0 Å². The van der Waals surface area contributed by atoms with Gasteiger partial charge in [0, 0.05) is 0 Å². The van der Waals surface area contributed by atoms with E-state index in [2.05, 4.69) is 0 Å². The Labute approximate surface area is 65.3 Å². The average molecular weight is 158 g/mol. The van der Waals surface area contributed by atoms with Crippen LogP contribution in [0.5, 0.6) is 0 Å². The Morgan fingerprint density at radius 3 is 3.00 bits per heavy atom. The van der Waals surface area contributed by atoms with Gasteiger partial charge in [-0.15, -0.1) is 0 Å². The normalized spacial score (nSPS) is 25.2. The summed E-state index contributed by atoms with van der Waals surface area (Å²) in [5, 5.41) is 17.4. The summed E-state index contributed by atoms with van der Waals surface area (Å²) in [5.41, 5.74) is 0. The first-order valence-corrected chi connectivity index (χ1v) is 3.74. The van der Waals surface area contributed by atoms with Gasteiger partial charge in [-0.1, -0.05) is 6.42 Å². The number of hydrogen-bond acceptors (Lipinski definition) is 3. The third-order valence-corrected chi connectivity index (χ3v) is 1.73. The lowest BCUT2D eigenvalue weighted by Crippen LogP contribution is -2.32. The fourth-order valence-electron chi connectivity index (χ4n) is 1.22. The minimum atomic E-state index is -0.871. The summed E-state index contributed by atoms with van der Waals surface area (Å²) in [7, 11) is -0.756. The van der Waals surface area contributed by atoms with Crippen LogP contribution in [0, 0.1) is 0 Å². The number of aliphatic carboxylic acids is 1. The van der Waals surface area contributed by atoms with E-state index in [1.807, 2.05) is 0 Å². The Balaban J connectivity index is 2.28. The zero-order valence-corrected chi connectivity index (χ0v) is 6.19. The Bertz CT molecular complexity index is 150. The summed E-state index contributed by atoms with van der Waals surface area (Å²) < 4.78 is 4.97. The first-order valence-electron chi connectivity index (χ1n) is 3.74. The molecule has 1 atom stereocenters. The van der Waals surface area contributed by atoms with Gasteiger partial charge in [-0.2, -0.15) is 0 Å². The van der Waals surface area contributed by atoms with Crippen LogP contribution in [0.4, 0.5) is 0 Å². The molecule has 1 unspecified atom stereocenters. The SMILES string of the molecule is O=C(O)CC1CCCB(O)O1. The zero-order valence-electron chi connectivity index (χ0n) is 6.19. The summed E-state index contributed by atoms with van der Waals surface area (Å²) in [6.45, 7) is 0. The molecular formula is C6H11BO4. The molecule has 0 spiro atoms. The molecule has 62 valence electrons. The van der Waals surface area contributed by atoms with Gasteiger partial charge in [0.25, 0.3) is 0 Å². The van der Waals surface area contributed by atoms with Crippen LogP contribution >= 0.6 is 0 Å². The molecule has 1 rings (SSSR count). The van der Waals surface area contributed by atoms with Gasteiger partial charge in [-0.25, -0.2) is 0 Å². The molecule has 0 aromatic carbocycles. The third-order valence-electron chi connectivity index (χ3n) is 1.73. The van der Waals surface area contributed by atoms with Gasteiger partial charge >= 0.3 is 13.1 Å². The van der Waals surface area contributed by atoms with Gasteiger partial charge in [-0.05, 0) is 12.7 Å². The van der Waals surface area contributed by atoms with Crippen molar-refractivity contribution in [2.75, 3.05) is 0 Å². The molecule has 1 saturated heterocycles. The topological polar surface area (TPSA) is 66.8 Å². The molecule has 11 heavy (non-hydrogen) atoms. The van der Waals surface area contributed by atoms with Crippen LogP contribution in [-0.4, -0.2) is 29.3 Å². The molecule has 0 aliphatic carbocycles. The first kappa shape index (κ1) is 8.55. The highest BCUT2D eigenvalue weighted by Gasteiger charge is 2.26. The van der Waals surface area contributed by atoms with E-state index in [1.165, 1.54) is 0 Å². The molecule has 0 aromatic heterocycles. The first-order chi connectivity index (χ1) is 5.18. The number of carbonyl (C=O) groups is 1. The molecule has 0 bridgehead atoms. The van der Waals surface area contributed by atoms with Crippen molar-refractivity contribution in [3.8, 4) is 0 Å². The summed E-state index contributed by atoms with van der Waals surface area (Å²) in [6, 6.07) is 0. The summed E-state index contributed by atoms with van der Waals surface area (Å²) >= 11 is 0. The van der Waals surface area contributed by atoms with Crippen molar-refractivity contribution in [1.29, 1.82) is 0 Å². The molecule has 1 fully saturated rings. The molecule has 0 amide bonds. The largest absolute Gasteiger partial charge is 0.481 e. The molecule has 0 saturated carbocycles. The minimum absolute atomic E-state index is 0.00292. The lowest BCUT2D eigenvalue weighted by Gasteiger charge is -2.23. The summed E-state index contributed by atoms with van der Waals surface area (Å²) in [4.78, 5) is 10.2. The molecule has 2 N–H and O–H groups in total. The fraction of sp³-hybridized carbons (Fsp3) is 0.833. The van der Waals surface area contributed by atoms with Crippen LogP contribution in [0.1, 0.15) is 19.3 Å². The molecule has 1 aliphatic rings. The van der Waals surface area contributed by atoms with E-state index >= 15 is 0 Å². The number of carboxylic acid groups (broad SMARTS) is 1. The van der Waals surface area contributed by atoms with E-state index in [4.69, 9.17) is 14.8 Å². The maximum absolute atomic E-state index is 10.2. The van der Waals surface area contributed by atoms with Crippen LogP contribution in [0.2, 0.25) is 6.32 Å². The Kier molecular flexibility index (Phi) is 2.90. The smallest absolute Gasteiger partial charge is 0.454 e. The molecular weight excluding hydrogens is 147 g/mol. The maximum atomic E-state index is 10.2. The monoisotopic (exact) mass is 158 g/mol. The lowest BCUT2D eigenvalue weighted by molar-refractivity contribution is -0.139. The Hall–Kier alpha value is -0.545. The van der Waals surface area contributed by atoms with Crippen LogP contribution in [0.3, 0.4) is 0 Å². The Morgan fingerprint density at radius 2 is 2.45 bits per heavy atom. The van der Waals surface area contributed by atoms with Gasteiger partial charge in [0.05, 0.1) is 12.5 Å². The number of rotatable bonds is 2. The second kappa shape index (κ2) is 3.73. The summed E-state index contributed by atoms with van der Waals surface area (Å²) in [6.07, 6.45) is 1.91. The minimum Gasteiger partial charge on any atom is -0.481 e. The predicted octanol–water partition coefficient (Wildman–Crippen LogP) is 0.121. The van der Waals surface area contributed by atoms with E-state index in [9.17, 15) is 4.79 Å². The van der Waals surface area contributed by atoms with E-state index in [0.29, 0.717) is 6.32 Å². The van der Waals surface area contributed by atoms with E-state index in [-0.39, 0.29) is 12.5 Å². The third kappa shape index (κ3) is 2.90. The van der Waals surface area contributed by atoms with Crippen LogP contribution in [-0.2, 0) is 9.45 Å². The van der Waals surface area contributed by atoms with Gasteiger partial charge < -0.3 is 14.8 Å². The molecule has 1 heterocycles. The molecule has 4 nitrogen and oxygen atoms in total. The van der Waals surface area contributed by atoms with Crippen molar-refractivity contribution >= 4 is 13.1 Å². The van der Waals surface area contributed by atoms with E-state index in [1.54, 1.807) is 0 Å². The standard InChI is InChI=1S/C6H11BO4/c8-6(9)4-5-2-1-3-7(10)11-5/h5,10H,1-4H2,(H,8,9).